The van der Waals surface area contributed by atoms with Gasteiger partial charge < -0.3 is 44.6 Å². The van der Waals surface area contributed by atoms with Crippen LogP contribution in [0.5, 0.6) is 5.75 Å². The summed E-state index contributed by atoms with van der Waals surface area (Å²) in [6.45, 7) is 7.09. The Hall–Kier alpha value is -6.90. The summed E-state index contributed by atoms with van der Waals surface area (Å²) >= 11 is 0. The number of aromatic nitrogens is 4. The molecule has 4 aromatic carbocycles. The van der Waals surface area contributed by atoms with Crippen LogP contribution in [0.25, 0.3) is 44.2 Å². The van der Waals surface area contributed by atoms with E-state index >= 15 is 0 Å². The van der Waals surface area contributed by atoms with Gasteiger partial charge in [0, 0.05) is 23.5 Å². The molecule has 6 aromatic rings. The molecule has 0 aliphatic carbocycles. The van der Waals surface area contributed by atoms with Crippen LogP contribution in [0, 0.1) is 0 Å². The lowest BCUT2D eigenvalue weighted by Crippen LogP contribution is -2.44. The highest BCUT2D eigenvalue weighted by atomic mass is 16.5. The molecule has 0 spiro atoms. The zero-order chi connectivity index (χ0) is 41.6. The summed E-state index contributed by atoms with van der Waals surface area (Å²) in [7, 11) is 2.53. The Morgan fingerprint density at radius 3 is 2.44 bits per heavy atom. The lowest BCUT2D eigenvalue weighted by Gasteiger charge is -2.28. The fourth-order valence-electron chi connectivity index (χ4n) is 7.37. The molecule has 15 nitrogen and oxygen atoms in total. The summed E-state index contributed by atoms with van der Waals surface area (Å²) < 4.78 is 15.8. The predicted molar refractivity (Wildman–Crippen MR) is 222 cm³/mol. The Labute approximate surface area is 341 Å². The first-order valence-corrected chi connectivity index (χ1v) is 19.7. The van der Waals surface area contributed by atoms with Gasteiger partial charge in [-0.1, -0.05) is 62.4 Å². The molecular formula is C44H48N8O7. The molecule has 1 aliphatic heterocycles. The van der Waals surface area contributed by atoms with Crippen molar-refractivity contribution in [2.45, 2.75) is 65.4 Å². The molecule has 1 unspecified atom stereocenters. The lowest BCUT2D eigenvalue weighted by atomic mass is 9.92. The average Bonchev–Trinajstić information content (AvgIpc) is 3.92. The van der Waals surface area contributed by atoms with Gasteiger partial charge in [-0.2, -0.15) is 0 Å². The van der Waals surface area contributed by atoms with Crippen LogP contribution in [0.2, 0.25) is 0 Å². The SMILES string of the molecule is CCCN(Cc1nc2c(ccc3cc4c(cc32)OCc2cc(-c3cnc(CN(C(=O)CNC(=O)OC)[C@@H](C)CC)[nH]3)ccc2-4)[nH]1)C(=O)C(NC(=O)OC)c1ccccc1. The number of alkyl carbamates (subject to hydrolysis) is 2. The Kier molecular flexibility index (Phi) is 12.1. The smallest absolute Gasteiger partial charge is 0.407 e. The molecule has 0 saturated heterocycles. The van der Waals surface area contributed by atoms with Crippen LogP contribution in [0.4, 0.5) is 9.59 Å². The number of rotatable bonds is 14. The molecule has 2 aromatic heterocycles. The molecule has 0 fully saturated rings. The molecule has 0 radical (unpaired) electrons. The molecule has 306 valence electrons. The molecular weight excluding hydrogens is 753 g/mol. The summed E-state index contributed by atoms with van der Waals surface area (Å²) in [5.74, 6) is 1.49. The van der Waals surface area contributed by atoms with E-state index in [-0.39, 0.29) is 37.5 Å². The van der Waals surface area contributed by atoms with Gasteiger partial charge in [-0.15, -0.1) is 0 Å². The van der Waals surface area contributed by atoms with E-state index in [0.717, 1.165) is 61.9 Å². The number of carbonyl (C=O) groups excluding carboxylic acids is 4. The number of hydrogen-bond acceptors (Lipinski definition) is 9. The van der Waals surface area contributed by atoms with Crippen LogP contribution in [0.3, 0.4) is 0 Å². The number of imidazole rings is 2. The number of benzene rings is 4. The number of aromatic amines is 2. The second kappa shape index (κ2) is 17.7. The maximum atomic E-state index is 14.0. The first kappa shape index (κ1) is 40.3. The minimum atomic E-state index is -0.924. The number of H-pyrrole nitrogens is 2. The molecule has 2 atom stereocenters. The van der Waals surface area contributed by atoms with Crippen molar-refractivity contribution < 1.29 is 33.4 Å². The van der Waals surface area contributed by atoms with Crippen molar-refractivity contribution in [2.24, 2.45) is 0 Å². The number of carbonyl (C=O) groups is 4. The molecule has 4 amide bonds. The van der Waals surface area contributed by atoms with E-state index in [1.807, 2.05) is 63.2 Å². The number of nitrogens with zero attached hydrogens (tertiary/aromatic N) is 4. The van der Waals surface area contributed by atoms with Crippen molar-refractivity contribution in [3.8, 4) is 28.1 Å². The van der Waals surface area contributed by atoms with Crippen molar-refractivity contribution in [3.05, 3.63) is 102 Å². The number of ether oxygens (including phenoxy) is 3. The second-order valence-electron chi connectivity index (χ2n) is 14.5. The molecule has 1 aliphatic rings. The molecule has 3 heterocycles. The normalized spacial score (nSPS) is 12.8. The zero-order valence-corrected chi connectivity index (χ0v) is 33.8. The highest BCUT2D eigenvalue weighted by Gasteiger charge is 2.29. The summed E-state index contributed by atoms with van der Waals surface area (Å²) in [6.07, 6.45) is 1.86. The molecule has 4 N–H and O–H groups in total. The molecule has 7 rings (SSSR count). The summed E-state index contributed by atoms with van der Waals surface area (Å²) in [6, 6.07) is 22.5. The zero-order valence-electron chi connectivity index (χ0n) is 33.8. The van der Waals surface area contributed by atoms with Crippen molar-refractivity contribution >= 4 is 45.8 Å². The average molecular weight is 801 g/mol. The first-order valence-electron chi connectivity index (χ1n) is 19.7. The Balaban J connectivity index is 1.11. The maximum absolute atomic E-state index is 14.0. The third-order valence-electron chi connectivity index (χ3n) is 10.6. The van der Waals surface area contributed by atoms with Crippen LogP contribution in [0.15, 0.2) is 79.0 Å². The monoisotopic (exact) mass is 800 g/mol. The van der Waals surface area contributed by atoms with Gasteiger partial charge in [0.25, 0.3) is 0 Å². The number of methoxy groups -OCH3 is 2. The fraction of sp³-hybridized carbons (Fsp3) is 0.318. The third kappa shape index (κ3) is 8.68. The van der Waals surface area contributed by atoms with E-state index in [4.69, 9.17) is 14.5 Å². The minimum Gasteiger partial charge on any atom is -0.488 e. The third-order valence-corrected chi connectivity index (χ3v) is 10.6. The van der Waals surface area contributed by atoms with Gasteiger partial charge in [0.2, 0.25) is 11.8 Å². The van der Waals surface area contributed by atoms with Crippen LogP contribution in [-0.4, -0.2) is 87.1 Å². The first-order chi connectivity index (χ1) is 28.6. The number of nitrogens with one attached hydrogen (secondary N) is 4. The van der Waals surface area contributed by atoms with E-state index in [9.17, 15) is 19.2 Å². The van der Waals surface area contributed by atoms with E-state index in [1.165, 1.54) is 14.2 Å². The topological polar surface area (TPSA) is 184 Å². The second-order valence-corrected chi connectivity index (χ2v) is 14.5. The van der Waals surface area contributed by atoms with Gasteiger partial charge in [-0.05, 0) is 71.7 Å². The Bertz CT molecular complexity index is 2500. The van der Waals surface area contributed by atoms with E-state index in [1.54, 1.807) is 28.1 Å². The number of fused-ring (bicyclic) bond motifs is 6. The Morgan fingerprint density at radius 2 is 1.69 bits per heavy atom. The van der Waals surface area contributed by atoms with Gasteiger partial charge in [-0.3, -0.25) is 9.59 Å². The summed E-state index contributed by atoms with van der Waals surface area (Å²) in [4.78, 5) is 70.6. The van der Waals surface area contributed by atoms with Crippen molar-refractivity contribution in [3.63, 3.8) is 0 Å². The molecule has 59 heavy (non-hydrogen) atoms. The van der Waals surface area contributed by atoms with Crippen molar-refractivity contribution in [1.82, 2.24) is 40.4 Å². The van der Waals surface area contributed by atoms with Crippen molar-refractivity contribution in [2.75, 3.05) is 27.3 Å². The number of hydrogen-bond donors (Lipinski definition) is 4. The van der Waals surface area contributed by atoms with Gasteiger partial charge in [-0.25, -0.2) is 19.6 Å². The standard InChI is InChI=1S/C44H48N8O7/c1-6-17-51(42(54)40(50-44(56)58-5)27-11-9-8-10-12-27)23-38-47-34-16-14-28-19-33-31-15-13-29(18-30(31)25-59-36(33)20-32(28)41(34)49-38)35-21-45-37(48-35)24-52(26(3)7-2)39(53)22-46-43(55)57-4/h8-16,18-21,26,40H,6-7,17,22-25H2,1-5H3,(H,45,48)(H,46,55)(H,47,49)(H,50,56)/t26-,40?/m0/s1. The fourth-order valence-corrected chi connectivity index (χ4v) is 7.37. The van der Waals surface area contributed by atoms with Gasteiger partial charge >= 0.3 is 12.2 Å². The highest BCUT2D eigenvalue weighted by Crippen LogP contribution is 2.42. The van der Waals surface area contributed by atoms with E-state index < -0.39 is 18.2 Å². The largest absolute Gasteiger partial charge is 0.488 e. The molecule has 0 saturated carbocycles. The van der Waals surface area contributed by atoms with Crippen molar-refractivity contribution in [1.29, 1.82) is 0 Å². The maximum Gasteiger partial charge on any atom is 0.407 e. The minimum absolute atomic E-state index is 0.0676. The van der Waals surface area contributed by atoms with Gasteiger partial charge in [0.15, 0.2) is 0 Å². The molecule has 0 bridgehead atoms. The van der Waals surface area contributed by atoms with Gasteiger partial charge in [0.1, 0.15) is 36.6 Å². The van der Waals surface area contributed by atoms with Crippen LogP contribution in [-0.2, 0) is 38.8 Å². The van der Waals surface area contributed by atoms with E-state index in [0.29, 0.717) is 36.8 Å². The highest BCUT2D eigenvalue weighted by molar-refractivity contribution is 6.07. The number of amides is 4. The molecule has 15 heteroatoms. The van der Waals surface area contributed by atoms with E-state index in [2.05, 4.69) is 48.5 Å². The predicted octanol–water partition coefficient (Wildman–Crippen LogP) is 6.98. The van der Waals surface area contributed by atoms with Crippen LogP contribution < -0.4 is 15.4 Å². The quantitative estimate of drug-likeness (QED) is 0.0903. The van der Waals surface area contributed by atoms with Crippen LogP contribution >= 0.6 is 0 Å². The Morgan fingerprint density at radius 1 is 0.898 bits per heavy atom. The summed E-state index contributed by atoms with van der Waals surface area (Å²) in [5, 5.41) is 7.08. The lowest BCUT2D eigenvalue weighted by molar-refractivity contribution is -0.134. The summed E-state index contributed by atoms with van der Waals surface area (Å²) in [5.41, 5.74) is 7.05. The van der Waals surface area contributed by atoms with Gasteiger partial charge in [0.05, 0.1) is 50.2 Å². The van der Waals surface area contributed by atoms with Crippen LogP contribution in [0.1, 0.15) is 62.4 Å².